The van der Waals surface area contributed by atoms with Gasteiger partial charge in [0.2, 0.25) is 0 Å². The minimum atomic E-state index is -1.11. The number of halogens is 1. The van der Waals surface area contributed by atoms with Crippen LogP contribution >= 0.6 is 11.6 Å². The van der Waals surface area contributed by atoms with Crippen LogP contribution in [0.15, 0.2) is 24.3 Å². The molecule has 1 atom stereocenters. The lowest BCUT2D eigenvalue weighted by atomic mass is 10.1. The molecular weight excluding hydrogens is 232 g/mol. The summed E-state index contributed by atoms with van der Waals surface area (Å²) in [4.78, 5) is 22.2. The number of ketones is 1. The first-order valence-electron chi connectivity index (χ1n) is 4.59. The Morgan fingerprint density at radius 1 is 1.44 bits per heavy atom. The summed E-state index contributed by atoms with van der Waals surface area (Å²) in [6, 6.07) is 6.56. The maximum atomic E-state index is 11.8. The summed E-state index contributed by atoms with van der Waals surface area (Å²) < 4.78 is 4.99. The van der Waals surface area contributed by atoms with Crippen molar-refractivity contribution in [2.45, 2.75) is 11.8 Å². The fourth-order valence-corrected chi connectivity index (χ4v) is 1.51. The Balaban J connectivity index is 2.91. The zero-order valence-electron chi connectivity index (χ0n) is 8.64. The van der Waals surface area contributed by atoms with Crippen LogP contribution in [-0.4, -0.2) is 29.3 Å². The quantitative estimate of drug-likeness (QED) is 0.633. The summed E-state index contributed by atoms with van der Waals surface area (Å²) >= 11 is 5.70. The van der Waals surface area contributed by atoms with Gasteiger partial charge in [-0.15, -0.1) is 11.6 Å². The van der Waals surface area contributed by atoms with Gasteiger partial charge in [0.05, 0.1) is 19.1 Å². The van der Waals surface area contributed by atoms with Crippen LogP contribution < -0.4 is 4.74 Å². The van der Waals surface area contributed by atoms with Gasteiger partial charge in [-0.3, -0.25) is 9.59 Å². The molecule has 16 heavy (non-hydrogen) atoms. The van der Waals surface area contributed by atoms with E-state index in [2.05, 4.69) is 0 Å². The van der Waals surface area contributed by atoms with Gasteiger partial charge in [0.25, 0.3) is 0 Å². The van der Waals surface area contributed by atoms with Gasteiger partial charge in [-0.05, 0) is 12.1 Å². The number of carboxylic acid groups (broad SMARTS) is 1. The monoisotopic (exact) mass is 242 g/mol. The first-order chi connectivity index (χ1) is 7.56. The number of hydrogen-bond acceptors (Lipinski definition) is 3. The molecule has 1 aromatic rings. The first kappa shape index (κ1) is 12.5. The van der Waals surface area contributed by atoms with Crippen LogP contribution in [0.1, 0.15) is 16.8 Å². The number of carbonyl (C=O) groups excluding carboxylic acids is 1. The highest BCUT2D eigenvalue weighted by Gasteiger charge is 2.22. The van der Waals surface area contributed by atoms with Crippen molar-refractivity contribution in [3.8, 4) is 5.75 Å². The number of aliphatic carboxylic acids is 1. The number of benzene rings is 1. The minimum Gasteiger partial charge on any atom is -0.496 e. The molecule has 5 heteroatoms. The van der Waals surface area contributed by atoms with Crippen molar-refractivity contribution in [3.05, 3.63) is 29.8 Å². The van der Waals surface area contributed by atoms with Gasteiger partial charge < -0.3 is 9.84 Å². The number of hydrogen-bond donors (Lipinski definition) is 1. The molecule has 1 unspecified atom stereocenters. The summed E-state index contributed by atoms with van der Waals surface area (Å²) in [5.74, 6) is -1.16. The van der Waals surface area contributed by atoms with Crippen molar-refractivity contribution in [1.82, 2.24) is 0 Å². The predicted molar refractivity (Wildman–Crippen MR) is 59.2 cm³/mol. The van der Waals surface area contributed by atoms with Crippen LogP contribution in [0.2, 0.25) is 0 Å². The molecule has 0 aromatic heterocycles. The van der Waals surface area contributed by atoms with Crippen molar-refractivity contribution < 1.29 is 19.4 Å². The second kappa shape index (κ2) is 5.51. The topological polar surface area (TPSA) is 63.6 Å². The van der Waals surface area contributed by atoms with Gasteiger partial charge in [-0.25, -0.2) is 0 Å². The Hall–Kier alpha value is -1.55. The molecule has 0 heterocycles. The number of alkyl halides is 1. The standard InChI is InChI=1S/C11H11ClO4/c1-16-9-5-3-2-4-7(9)11(15)8(12)6-10(13)14/h2-5,8H,6H2,1H3,(H,13,14). The number of Topliss-reactive ketones (excluding diaryl/α,β-unsaturated/α-hetero) is 1. The van der Waals surface area contributed by atoms with E-state index in [0.29, 0.717) is 11.3 Å². The fraction of sp³-hybridized carbons (Fsp3) is 0.273. The summed E-state index contributed by atoms with van der Waals surface area (Å²) in [7, 11) is 1.44. The first-order valence-corrected chi connectivity index (χ1v) is 5.03. The number of carboxylic acids is 1. The van der Waals surface area contributed by atoms with Crippen LogP contribution in [0.5, 0.6) is 5.75 Å². The fourth-order valence-electron chi connectivity index (χ4n) is 1.26. The number of methoxy groups -OCH3 is 1. The van der Waals surface area contributed by atoms with Gasteiger partial charge >= 0.3 is 5.97 Å². The molecule has 4 nitrogen and oxygen atoms in total. The molecule has 0 amide bonds. The lowest BCUT2D eigenvalue weighted by Gasteiger charge is -2.09. The third kappa shape index (κ3) is 2.97. The number of carbonyl (C=O) groups is 2. The zero-order chi connectivity index (χ0) is 12.1. The van der Waals surface area contributed by atoms with E-state index in [1.807, 2.05) is 0 Å². The summed E-state index contributed by atoms with van der Waals surface area (Å²) in [5, 5.41) is 7.46. The highest BCUT2D eigenvalue weighted by molar-refractivity contribution is 6.35. The third-order valence-electron chi connectivity index (χ3n) is 2.01. The smallest absolute Gasteiger partial charge is 0.305 e. The Morgan fingerprint density at radius 3 is 2.62 bits per heavy atom. The molecule has 0 saturated carbocycles. The Kier molecular flexibility index (Phi) is 4.31. The van der Waals surface area contributed by atoms with Gasteiger partial charge in [0.15, 0.2) is 5.78 Å². The second-order valence-corrected chi connectivity index (χ2v) is 3.66. The number of para-hydroxylation sites is 1. The normalized spacial score (nSPS) is 11.9. The molecule has 86 valence electrons. The van der Waals surface area contributed by atoms with Gasteiger partial charge in [0.1, 0.15) is 11.1 Å². The van der Waals surface area contributed by atoms with E-state index in [-0.39, 0.29) is 0 Å². The molecule has 0 fully saturated rings. The van der Waals surface area contributed by atoms with E-state index < -0.39 is 23.6 Å². The summed E-state index contributed by atoms with van der Waals surface area (Å²) in [6.07, 6.45) is -0.404. The Morgan fingerprint density at radius 2 is 2.06 bits per heavy atom. The molecule has 1 N–H and O–H groups in total. The van der Waals surface area contributed by atoms with Gasteiger partial charge in [-0.1, -0.05) is 12.1 Å². The zero-order valence-corrected chi connectivity index (χ0v) is 9.40. The van der Waals surface area contributed by atoms with Crippen molar-refractivity contribution in [2.75, 3.05) is 7.11 Å². The highest BCUT2D eigenvalue weighted by Crippen LogP contribution is 2.21. The van der Waals surface area contributed by atoms with E-state index in [0.717, 1.165) is 0 Å². The van der Waals surface area contributed by atoms with E-state index in [1.54, 1.807) is 24.3 Å². The average molecular weight is 243 g/mol. The summed E-state index contributed by atoms with van der Waals surface area (Å²) in [6.45, 7) is 0. The molecule has 0 radical (unpaired) electrons. The molecule has 0 bridgehead atoms. The summed E-state index contributed by atoms with van der Waals surface area (Å²) in [5.41, 5.74) is 0.297. The molecule has 0 aliphatic heterocycles. The van der Waals surface area contributed by atoms with Crippen molar-refractivity contribution in [1.29, 1.82) is 0 Å². The van der Waals surface area contributed by atoms with Crippen LogP contribution in [0.3, 0.4) is 0 Å². The van der Waals surface area contributed by atoms with Crippen molar-refractivity contribution >= 4 is 23.4 Å². The maximum Gasteiger partial charge on any atom is 0.305 e. The Bertz CT molecular complexity index is 403. The number of ether oxygens (including phenoxy) is 1. The van der Waals surface area contributed by atoms with E-state index in [4.69, 9.17) is 21.4 Å². The van der Waals surface area contributed by atoms with Crippen LogP contribution in [0, 0.1) is 0 Å². The molecular formula is C11H11ClO4. The lowest BCUT2D eigenvalue weighted by molar-refractivity contribution is -0.136. The SMILES string of the molecule is COc1ccccc1C(=O)C(Cl)CC(=O)O. The van der Waals surface area contributed by atoms with Crippen LogP contribution in [0.4, 0.5) is 0 Å². The van der Waals surface area contributed by atoms with E-state index >= 15 is 0 Å². The molecule has 0 aliphatic rings. The molecule has 0 spiro atoms. The van der Waals surface area contributed by atoms with Crippen LogP contribution in [-0.2, 0) is 4.79 Å². The lowest BCUT2D eigenvalue weighted by Crippen LogP contribution is -2.19. The molecule has 1 aromatic carbocycles. The molecule has 0 saturated heterocycles. The van der Waals surface area contributed by atoms with Crippen molar-refractivity contribution in [2.24, 2.45) is 0 Å². The second-order valence-electron chi connectivity index (χ2n) is 3.13. The van der Waals surface area contributed by atoms with Crippen LogP contribution in [0.25, 0.3) is 0 Å². The van der Waals surface area contributed by atoms with E-state index in [9.17, 15) is 9.59 Å². The Labute approximate surface area is 97.8 Å². The maximum absolute atomic E-state index is 11.8. The minimum absolute atomic E-state index is 0.297. The largest absolute Gasteiger partial charge is 0.496 e. The third-order valence-corrected chi connectivity index (χ3v) is 2.36. The number of rotatable bonds is 5. The molecule has 0 aliphatic carbocycles. The van der Waals surface area contributed by atoms with Crippen molar-refractivity contribution in [3.63, 3.8) is 0 Å². The van der Waals surface area contributed by atoms with E-state index in [1.165, 1.54) is 7.11 Å². The predicted octanol–water partition coefficient (Wildman–Crippen LogP) is 1.96. The average Bonchev–Trinajstić information content (AvgIpc) is 2.27. The van der Waals surface area contributed by atoms with Gasteiger partial charge in [-0.2, -0.15) is 0 Å². The highest BCUT2D eigenvalue weighted by atomic mass is 35.5. The van der Waals surface area contributed by atoms with Gasteiger partial charge in [0, 0.05) is 0 Å². The molecule has 1 rings (SSSR count).